The molecule has 3 rings (SSSR count). The highest BCUT2D eigenvalue weighted by molar-refractivity contribution is 7.14. The van der Waals surface area contributed by atoms with Crippen LogP contribution in [0.2, 0.25) is 10.0 Å². The maximum Gasteiger partial charge on any atom is 0.257 e. The average Bonchev–Trinajstić information content (AvgIpc) is 3.05. The van der Waals surface area contributed by atoms with Crippen LogP contribution in [0, 0.1) is 6.92 Å². The van der Waals surface area contributed by atoms with Crippen molar-refractivity contribution in [2.75, 3.05) is 10.6 Å². The van der Waals surface area contributed by atoms with Crippen LogP contribution in [0.3, 0.4) is 0 Å². The quantitative estimate of drug-likeness (QED) is 0.597. The fraction of sp³-hybridized carbons (Fsp3) is 0.105. The zero-order valence-electron chi connectivity index (χ0n) is 14.3. The Bertz CT molecular complexity index is 987. The number of halogens is 2. The number of carbonyl (C=O) groups excluding carboxylic acids is 2. The number of aryl methyl sites for hydroxylation is 1. The Morgan fingerprint density at radius 3 is 2.48 bits per heavy atom. The first-order valence-corrected chi connectivity index (χ1v) is 9.61. The van der Waals surface area contributed by atoms with E-state index in [4.69, 9.17) is 23.2 Å². The molecule has 0 aliphatic carbocycles. The van der Waals surface area contributed by atoms with Crippen molar-refractivity contribution in [3.05, 3.63) is 74.7 Å². The minimum absolute atomic E-state index is 0.0965. The van der Waals surface area contributed by atoms with Gasteiger partial charge in [-0.05, 0) is 48.9 Å². The maximum absolute atomic E-state index is 12.2. The molecule has 2 N–H and O–H groups in total. The topological polar surface area (TPSA) is 71.1 Å². The van der Waals surface area contributed by atoms with Gasteiger partial charge in [0.2, 0.25) is 5.91 Å². The van der Waals surface area contributed by atoms with E-state index in [0.29, 0.717) is 32.1 Å². The SMILES string of the molecule is Cc1ccc(Cl)cc1NC(=O)Cc1csc(NC(=O)c2ccc(Cl)cc2)n1. The Balaban J connectivity index is 1.60. The molecule has 8 heteroatoms. The molecule has 0 radical (unpaired) electrons. The highest BCUT2D eigenvalue weighted by atomic mass is 35.5. The second-order valence-corrected chi connectivity index (χ2v) is 7.52. The zero-order chi connectivity index (χ0) is 19.4. The van der Waals surface area contributed by atoms with Gasteiger partial charge in [0.1, 0.15) is 0 Å². The van der Waals surface area contributed by atoms with Crippen molar-refractivity contribution >= 4 is 57.2 Å². The highest BCUT2D eigenvalue weighted by Crippen LogP contribution is 2.21. The molecule has 138 valence electrons. The number of benzene rings is 2. The first-order valence-electron chi connectivity index (χ1n) is 7.98. The van der Waals surface area contributed by atoms with E-state index in [1.165, 1.54) is 11.3 Å². The van der Waals surface area contributed by atoms with Gasteiger partial charge in [0.05, 0.1) is 12.1 Å². The fourth-order valence-electron chi connectivity index (χ4n) is 2.30. The molecular formula is C19H15Cl2N3O2S. The lowest BCUT2D eigenvalue weighted by molar-refractivity contribution is -0.115. The van der Waals surface area contributed by atoms with E-state index in [9.17, 15) is 9.59 Å². The third-order valence-electron chi connectivity index (χ3n) is 3.69. The van der Waals surface area contributed by atoms with Crippen LogP contribution in [0.4, 0.5) is 10.8 Å². The third-order valence-corrected chi connectivity index (χ3v) is 4.99. The number of anilines is 2. The van der Waals surface area contributed by atoms with Crippen molar-refractivity contribution in [2.45, 2.75) is 13.3 Å². The summed E-state index contributed by atoms with van der Waals surface area (Å²) in [6, 6.07) is 11.9. The van der Waals surface area contributed by atoms with Crippen LogP contribution in [0.5, 0.6) is 0 Å². The van der Waals surface area contributed by atoms with Gasteiger partial charge in [0.15, 0.2) is 5.13 Å². The molecule has 0 aliphatic rings. The Labute approximate surface area is 170 Å². The van der Waals surface area contributed by atoms with Crippen LogP contribution in [0.15, 0.2) is 47.8 Å². The molecule has 0 atom stereocenters. The molecule has 27 heavy (non-hydrogen) atoms. The van der Waals surface area contributed by atoms with E-state index in [-0.39, 0.29) is 18.2 Å². The first kappa shape index (κ1) is 19.4. The second kappa shape index (κ2) is 8.52. The van der Waals surface area contributed by atoms with Gasteiger partial charge < -0.3 is 5.32 Å². The number of rotatable bonds is 5. The number of aromatic nitrogens is 1. The van der Waals surface area contributed by atoms with E-state index in [1.807, 2.05) is 13.0 Å². The standard InChI is InChI=1S/C19H15Cl2N3O2S/c1-11-2-5-14(21)8-16(11)23-17(25)9-15-10-27-19(22-15)24-18(26)12-3-6-13(20)7-4-12/h2-8,10H,9H2,1H3,(H,23,25)(H,22,24,26). The Morgan fingerprint density at radius 2 is 1.74 bits per heavy atom. The molecule has 0 saturated heterocycles. The summed E-state index contributed by atoms with van der Waals surface area (Å²) in [5.41, 5.74) is 2.63. The van der Waals surface area contributed by atoms with Crippen molar-refractivity contribution in [2.24, 2.45) is 0 Å². The highest BCUT2D eigenvalue weighted by Gasteiger charge is 2.12. The van der Waals surface area contributed by atoms with Crippen molar-refractivity contribution < 1.29 is 9.59 Å². The van der Waals surface area contributed by atoms with Gasteiger partial charge in [0, 0.05) is 26.7 Å². The average molecular weight is 420 g/mol. The lowest BCUT2D eigenvalue weighted by atomic mass is 10.2. The van der Waals surface area contributed by atoms with Gasteiger partial charge in [-0.1, -0.05) is 29.3 Å². The van der Waals surface area contributed by atoms with E-state index in [0.717, 1.165) is 5.56 Å². The molecule has 0 fully saturated rings. The number of nitrogens with one attached hydrogen (secondary N) is 2. The lowest BCUT2D eigenvalue weighted by Gasteiger charge is -2.08. The summed E-state index contributed by atoms with van der Waals surface area (Å²) in [6.45, 7) is 1.89. The van der Waals surface area contributed by atoms with Crippen LogP contribution in [0.25, 0.3) is 0 Å². The Hall–Kier alpha value is -2.41. The molecule has 1 heterocycles. The minimum Gasteiger partial charge on any atom is -0.325 e. The van der Waals surface area contributed by atoms with Gasteiger partial charge in [-0.15, -0.1) is 11.3 Å². The maximum atomic E-state index is 12.2. The van der Waals surface area contributed by atoms with E-state index in [1.54, 1.807) is 41.8 Å². The third kappa shape index (κ3) is 5.29. The number of hydrogen-bond donors (Lipinski definition) is 2. The summed E-state index contributed by atoms with van der Waals surface area (Å²) in [4.78, 5) is 28.7. The molecule has 5 nitrogen and oxygen atoms in total. The Kier molecular flexibility index (Phi) is 6.11. The molecule has 3 aromatic rings. The summed E-state index contributed by atoms with van der Waals surface area (Å²) in [7, 11) is 0. The predicted octanol–water partition coefficient (Wildman–Crippen LogP) is 5.19. The largest absolute Gasteiger partial charge is 0.325 e. The molecule has 0 unspecified atom stereocenters. The van der Waals surface area contributed by atoms with Gasteiger partial charge >= 0.3 is 0 Å². The van der Waals surface area contributed by atoms with Gasteiger partial charge in [-0.3, -0.25) is 14.9 Å². The molecule has 2 aromatic carbocycles. The molecule has 0 bridgehead atoms. The normalized spacial score (nSPS) is 10.5. The summed E-state index contributed by atoms with van der Waals surface area (Å²) >= 11 is 13.0. The summed E-state index contributed by atoms with van der Waals surface area (Å²) in [5.74, 6) is -0.493. The molecule has 0 aliphatic heterocycles. The number of amides is 2. The fourth-order valence-corrected chi connectivity index (χ4v) is 3.31. The number of carbonyl (C=O) groups is 2. The minimum atomic E-state index is -0.286. The summed E-state index contributed by atoms with van der Waals surface area (Å²) in [6.07, 6.45) is 0.0965. The van der Waals surface area contributed by atoms with Crippen LogP contribution in [-0.2, 0) is 11.2 Å². The first-order chi connectivity index (χ1) is 12.9. The van der Waals surface area contributed by atoms with E-state index >= 15 is 0 Å². The molecule has 0 spiro atoms. The van der Waals surface area contributed by atoms with Crippen LogP contribution < -0.4 is 10.6 Å². The van der Waals surface area contributed by atoms with Gasteiger partial charge in [0.25, 0.3) is 5.91 Å². The molecular weight excluding hydrogens is 405 g/mol. The van der Waals surface area contributed by atoms with Crippen LogP contribution >= 0.6 is 34.5 Å². The number of nitrogens with zero attached hydrogens (tertiary/aromatic N) is 1. The van der Waals surface area contributed by atoms with E-state index < -0.39 is 0 Å². The second-order valence-electron chi connectivity index (χ2n) is 5.79. The molecule has 0 saturated carbocycles. The summed E-state index contributed by atoms with van der Waals surface area (Å²) < 4.78 is 0. The number of thiazole rings is 1. The Morgan fingerprint density at radius 1 is 1.04 bits per heavy atom. The van der Waals surface area contributed by atoms with Crippen molar-refractivity contribution in [1.29, 1.82) is 0 Å². The van der Waals surface area contributed by atoms with Gasteiger partial charge in [-0.25, -0.2) is 4.98 Å². The van der Waals surface area contributed by atoms with E-state index in [2.05, 4.69) is 15.6 Å². The summed E-state index contributed by atoms with van der Waals surface area (Å²) in [5, 5.41) is 8.81. The van der Waals surface area contributed by atoms with Crippen molar-refractivity contribution in [3.63, 3.8) is 0 Å². The smallest absolute Gasteiger partial charge is 0.257 e. The molecule has 1 aromatic heterocycles. The van der Waals surface area contributed by atoms with Crippen LogP contribution in [0.1, 0.15) is 21.6 Å². The molecule has 2 amide bonds. The van der Waals surface area contributed by atoms with Crippen LogP contribution in [-0.4, -0.2) is 16.8 Å². The lowest BCUT2D eigenvalue weighted by Crippen LogP contribution is -2.15. The van der Waals surface area contributed by atoms with Crippen molar-refractivity contribution in [1.82, 2.24) is 4.98 Å². The van der Waals surface area contributed by atoms with Gasteiger partial charge in [-0.2, -0.15) is 0 Å². The predicted molar refractivity (Wildman–Crippen MR) is 110 cm³/mol. The number of hydrogen-bond acceptors (Lipinski definition) is 4. The monoisotopic (exact) mass is 419 g/mol. The zero-order valence-corrected chi connectivity index (χ0v) is 16.6. The van der Waals surface area contributed by atoms with Crippen molar-refractivity contribution in [3.8, 4) is 0 Å².